The molecule has 0 aromatic carbocycles. The fraction of sp³-hybridized carbons (Fsp3) is 1.00. The molecule has 5 atom stereocenters. The summed E-state index contributed by atoms with van der Waals surface area (Å²) in [6, 6.07) is 0. The molecule has 0 spiro atoms. The van der Waals surface area contributed by atoms with Gasteiger partial charge in [-0.3, -0.25) is 0 Å². The maximum Gasteiger partial charge on any atom is 0.0837 e. The molecule has 2 aliphatic rings. The monoisotopic (exact) mass is 240 g/mol. The molecular weight excluding hydrogens is 212 g/mol. The molecule has 0 amide bonds. The number of rotatable bonds is 2. The number of aliphatic hydroxyl groups is 1. The minimum absolute atomic E-state index is 0.114. The zero-order valence-electron chi connectivity index (χ0n) is 11.4. The lowest BCUT2D eigenvalue weighted by atomic mass is 9.80. The van der Waals surface area contributed by atoms with Crippen LogP contribution >= 0.6 is 0 Å². The van der Waals surface area contributed by atoms with E-state index in [0.717, 1.165) is 24.7 Å². The molecule has 0 bridgehead atoms. The van der Waals surface area contributed by atoms with Gasteiger partial charge in [-0.2, -0.15) is 0 Å². The molecule has 5 unspecified atom stereocenters. The Labute approximate surface area is 106 Å². The van der Waals surface area contributed by atoms with Gasteiger partial charge in [-0.25, -0.2) is 0 Å². The molecule has 17 heavy (non-hydrogen) atoms. The third-order valence-corrected chi connectivity index (χ3v) is 4.83. The van der Waals surface area contributed by atoms with Crippen LogP contribution in [0.5, 0.6) is 0 Å². The van der Waals surface area contributed by atoms with Crippen LogP contribution in [0.4, 0.5) is 0 Å². The molecule has 0 heterocycles. The van der Waals surface area contributed by atoms with Crippen molar-refractivity contribution in [2.24, 2.45) is 11.8 Å². The highest BCUT2D eigenvalue weighted by molar-refractivity contribution is 4.80. The Kier molecular flexibility index (Phi) is 4.87. The molecule has 0 aromatic rings. The standard InChI is InChI=1S/C15H28O2/c1-11-8-9-13(10-12(11)2)17-15-7-5-3-4-6-14(15)16/h11-16H,3-10H2,1-2H3. The van der Waals surface area contributed by atoms with Crippen molar-refractivity contribution in [3.63, 3.8) is 0 Å². The van der Waals surface area contributed by atoms with Gasteiger partial charge in [-0.15, -0.1) is 0 Å². The van der Waals surface area contributed by atoms with E-state index in [-0.39, 0.29) is 12.2 Å². The van der Waals surface area contributed by atoms with E-state index in [4.69, 9.17) is 4.74 Å². The SMILES string of the molecule is CC1CCC(OC2CCCCCC2O)CC1C. The van der Waals surface area contributed by atoms with Crippen LogP contribution in [0.15, 0.2) is 0 Å². The molecule has 100 valence electrons. The van der Waals surface area contributed by atoms with Gasteiger partial charge in [0.1, 0.15) is 0 Å². The topological polar surface area (TPSA) is 29.5 Å². The number of ether oxygens (including phenoxy) is 1. The minimum Gasteiger partial charge on any atom is -0.390 e. The van der Waals surface area contributed by atoms with Crippen molar-refractivity contribution in [2.45, 2.75) is 83.5 Å². The first kappa shape index (κ1) is 13.4. The van der Waals surface area contributed by atoms with Gasteiger partial charge in [-0.1, -0.05) is 33.1 Å². The Morgan fingerprint density at radius 3 is 2.41 bits per heavy atom. The van der Waals surface area contributed by atoms with E-state index in [1.165, 1.54) is 38.5 Å². The van der Waals surface area contributed by atoms with Gasteiger partial charge in [0.05, 0.1) is 18.3 Å². The van der Waals surface area contributed by atoms with E-state index in [1.807, 2.05) is 0 Å². The Balaban J connectivity index is 1.83. The second-order valence-corrected chi connectivity index (χ2v) is 6.27. The predicted octanol–water partition coefficient (Wildman–Crippen LogP) is 3.52. The van der Waals surface area contributed by atoms with Gasteiger partial charge in [0, 0.05) is 0 Å². The van der Waals surface area contributed by atoms with Crippen LogP contribution in [0.25, 0.3) is 0 Å². The second kappa shape index (κ2) is 6.19. The number of hydrogen-bond donors (Lipinski definition) is 1. The largest absolute Gasteiger partial charge is 0.390 e. The zero-order chi connectivity index (χ0) is 12.3. The predicted molar refractivity (Wildman–Crippen MR) is 69.9 cm³/mol. The highest BCUT2D eigenvalue weighted by Gasteiger charge is 2.30. The summed E-state index contributed by atoms with van der Waals surface area (Å²) < 4.78 is 6.19. The third kappa shape index (κ3) is 3.69. The van der Waals surface area contributed by atoms with Crippen molar-refractivity contribution in [1.82, 2.24) is 0 Å². The zero-order valence-corrected chi connectivity index (χ0v) is 11.4. The molecule has 2 aliphatic carbocycles. The molecule has 0 radical (unpaired) electrons. The van der Waals surface area contributed by atoms with Gasteiger partial charge in [0.25, 0.3) is 0 Å². The van der Waals surface area contributed by atoms with Crippen molar-refractivity contribution >= 4 is 0 Å². The summed E-state index contributed by atoms with van der Waals surface area (Å²) >= 11 is 0. The average Bonchev–Trinajstić information content (AvgIpc) is 2.50. The third-order valence-electron chi connectivity index (χ3n) is 4.83. The van der Waals surface area contributed by atoms with Crippen LogP contribution in [0.1, 0.15) is 65.2 Å². The van der Waals surface area contributed by atoms with E-state index in [1.54, 1.807) is 0 Å². The Bertz CT molecular complexity index is 229. The van der Waals surface area contributed by atoms with Crippen molar-refractivity contribution in [3.05, 3.63) is 0 Å². The van der Waals surface area contributed by atoms with Gasteiger partial charge in [0.15, 0.2) is 0 Å². The van der Waals surface area contributed by atoms with Gasteiger partial charge >= 0.3 is 0 Å². The first-order chi connectivity index (χ1) is 8.16. The summed E-state index contributed by atoms with van der Waals surface area (Å²) in [5.74, 6) is 1.62. The van der Waals surface area contributed by atoms with Crippen molar-refractivity contribution < 1.29 is 9.84 Å². The van der Waals surface area contributed by atoms with Crippen molar-refractivity contribution in [1.29, 1.82) is 0 Å². The highest BCUT2D eigenvalue weighted by Crippen LogP contribution is 2.33. The summed E-state index contributed by atoms with van der Waals surface area (Å²) in [5, 5.41) is 10.1. The summed E-state index contributed by atoms with van der Waals surface area (Å²) in [5.41, 5.74) is 0. The van der Waals surface area contributed by atoms with Gasteiger partial charge in [-0.05, 0) is 43.9 Å². The van der Waals surface area contributed by atoms with Crippen molar-refractivity contribution in [3.8, 4) is 0 Å². The second-order valence-electron chi connectivity index (χ2n) is 6.27. The Morgan fingerprint density at radius 2 is 1.65 bits per heavy atom. The highest BCUT2D eigenvalue weighted by atomic mass is 16.5. The first-order valence-electron chi connectivity index (χ1n) is 7.50. The van der Waals surface area contributed by atoms with Crippen LogP contribution in [-0.2, 0) is 4.74 Å². The molecule has 2 fully saturated rings. The fourth-order valence-electron chi connectivity index (χ4n) is 3.28. The smallest absolute Gasteiger partial charge is 0.0837 e. The molecule has 2 nitrogen and oxygen atoms in total. The molecule has 2 rings (SSSR count). The Morgan fingerprint density at radius 1 is 0.882 bits per heavy atom. The van der Waals surface area contributed by atoms with Crippen LogP contribution in [0.2, 0.25) is 0 Å². The van der Waals surface area contributed by atoms with Gasteiger partial charge < -0.3 is 9.84 Å². The van der Waals surface area contributed by atoms with E-state index >= 15 is 0 Å². The normalized spacial score (nSPS) is 44.3. The first-order valence-corrected chi connectivity index (χ1v) is 7.50. The maximum atomic E-state index is 10.1. The quantitative estimate of drug-likeness (QED) is 0.748. The molecule has 0 saturated heterocycles. The molecule has 0 aliphatic heterocycles. The minimum atomic E-state index is -0.216. The fourth-order valence-corrected chi connectivity index (χ4v) is 3.28. The Hall–Kier alpha value is -0.0800. The molecular formula is C15H28O2. The molecule has 2 heteroatoms. The van der Waals surface area contributed by atoms with Crippen LogP contribution in [0, 0.1) is 11.8 Å². The summed E-state index contributed by atoms with van der Waals surface area (Å²) in [6.07, 6.45) is 9.60. The summed E-state index contributed by atoms with van der Waals surface area (Å²) in [4.78, 5) is 0. The average molecular weight is 240 g/mol. The van der Waals surface area contributed by atoms with Gasteiger partial charge in [0.2, 0.25) is 0 Å². The number of aliphatic hydroxyl groups excluding tert-OH is 1. The lowest BCUT2D eigenvalue weighted by molar-refractivity contribution is -0.0987. The van der Waals surface area contributed by atoms with E-state index in [0.29, 0.717) is 6.10 Å². The lowest BCUT2D eigenvalue weighted by Crippen LogP contribution is -2.35. The van der Waals surface area contributed by atoms with E-state index in [9.17, 15) is 5.11 Å². The molecule has 0 aromatic heterocycles. The molecule has 1 N–H and O–H groups in total. The van der Waals surface area contributed by atoms with Crippen LogP contribution in [-0.4, -0.2) is 23.4 Å². The van der Waals surface area contributed by atoms with E-state index < -0.39 is 0 Å². The van der Waals surface area contributed by atoms with Crippen molar-refractivity contribution in [2.75, 3.05) is 0 Å². The van der Waals surface area contributed by atoms with E-state index in [2.05, 4.69) is 13.8 Å². The summed E-state index contributed by atoms with van der Waals surface area (Å²) in [7, 11) is 0. The number of hydrogen-bond acceptors (Lipinski definition) is 2. The van der Waals surface area contributed by atoms with Crippen LogP contribution in [0.3, 0.4) is 0 Å². The lowest BCUT2D eigenvalue weighted by Gasteiger charge is -2.35. The summed E-state index contributed by atoms with van der Waals surface area (Å²) in [6.45, 7) is 4.69. The maximum absolute atomic E-state index is 10.1. The molecule has 2 saturated carbocycles. The van der Waals surface area contributed by atoms with Crippen LogP contribution < -0.4 is 0 Å².